The van der Waals surface area contributed by atoms with Crippen molar-refractivity contribution in [1.82, 2.24) is 4.57 Å². The number of fused-ring (bicyclic) bond motifs is 1. The number of ether oxygens (including phenoxy) is 1. The minimum Gasteiger partial charge on any atom is -0.508 e. The normalized spacial score (nSPS) is 16.1. The summed E-state index contributed by atoms with van der Waals surface area (Å²) in [4.78, 5) is 31.3. The van der Waals surface area contributed by atoms with Gasteiger partial charge in [-0.1, -0.05) is 35.6 Å². The summed E-state index contributed by atoms with van der Waals surface area (Å²) in [6, 6.07) is 13.7. The maximum Gasteiger partial charge on any atom is 0.338 e. The molecule has 1 N–H and O–H groups in total. The zero-order chi connectivity index (χ0) is 22.1. The van der Waals surface area contributed by atoms with Gasteiger partial charge < -0.3 is 9.84 Å². The largest absolute Gasteiger partial charge is 0.508 e. The Morgan fingerprint density at radius 2 is 1.90 bits per heavy atom. The number of benzene rings is 2. The Balaban J connectivity index is 1.94. The summed E-state index contributed by atoms with van der Waals surface area (Å²) < 4.78 is 8.44. The Morgan fingerprint density at radius 1 is 1.23 bits per heavy atom. The second-order valence-corrected chi connectivity index (χ2v) is 9.20. The number of phenols is 1. The highest BCUT2D eigenvalue weighted by molar-refractivity contribution is 14.1. The summed E-state index contributed by atoms with van der Waals surface area (Å²) in [5.41, 5.74) is 2.21. The van der Waals surface area contributed by atoms with Gasteiger partial charge in [-0.05, 0) is 77.9 Å². The highest BCUT2D eigenvalue weighted by Crippen LogP contribution is 2.31. The van der Waals surface area contributed by atoms with E-state index in [1.807, 2.05) is 30.3 Å². The van der Waals surface area contributed by atoms with E-state index in [1.165, 1.54) is 28.0 Å². The van der Waals surface area contributed by atoms with Crippen molar-refractivity contribution in [3.63, 3.8) is 0 Å². The standard InChI is InChI=1S/C23H19IN2O4S/c1-3-30-22(29)19-13(2)25-23-26(20(19)15-6-10-17(27)11-7-15)21(28)18(31-23)12-14-4-8-16(24)9-5-14/h4-12,20,27H,3H2,1-2H3/b18-12-/t20-/m0/s1. The average molecular weight is 546 g/mol. The molecule has 1 aliphatic rings. The van der Waals surface area contributed by atoms with Crippen LogP contribution in [0, 0.1) is 3.57 Å². The molecule has 0 spiro atoms. The molecule has 8 heteroatoms. The number of thiazole rings is 1. The molecule has 6 nitrogen and oxygen atoms in total. The van der Waals surface area contributed by atoms with E-state index >= 15 is 0 Å². The summed E-state index contributed by atoms with van der Waals surface area (Å²) in [6.45, 7) is 3.70. The van der Waals surface area contributed by atoms with Gasteiger partial charge in [0.2, 0.25) is 0 Å². The maximum atomic E-state index is 13.4. The van der Waals surface area contributed by atoms with E-state index in [-0.39, 0.29) is 17.9 Å². The van der Waals surface area contributed by atoms with E-state index in [9.17, 15) is 14.7 Å². The molecule has 3 aromatic rings. The molecule has 0 bridgehead atoms. The van der Waals surface area contributed by atoms with Crippen molar-refractivity contribution < 1.29 is 14.6 Å². The molecule has 0 saturated heterocycles. The van der Waals surface area contributed by atoms with E-state index in [0.29, 0.717) is 26.2 Å². The summed E-state index contributed by atoms with van der Waals surface area (Å²) in [7, 11) is 0. The molecular formula is C23H19IN2O4S. The number of allylic oxidation sites excluding steroid dienone is 1. The third-order valence-corrected chi connectivity index (χ3v) is 6.60. The van der Waals surface area contributed by atoms with Crippen LogP contribution in [0.3, 0.4) is 0 Å². The lowest BCUT2D eigenvalue weighted by Gasteiger charge is -2.24. The lowest BCUT2D eigenvalue weighted by atomic mass is 9.96. The molecule has 0 unspecified atom stereocenters. The number of aromatic nitrogens is 1. The van der Waals surface area contributed by atoms with Crippen molar-refractivity contribution in [1.29, 1.82) is 0 Å². The van der Waals surface area contributed by atoms with Crippen LogP contribution in [0.15, 0.2) is 69.6 Å². The van der Waals surface area contributed by atoms with Gasteiger partial charge in [-0.2, -0.15) is 0 Å². The van der Waals surface area contributed by atoms with Crippen LogP contribution in [0.1, 0.15) is 31.0 Å². The highest BCUT2D eigenvalue weighted by atomic mass is 127. The summed E-state index contributed by atoms with van der Waals surface area (Å²) in [5, 5.41) is 9.71. The van der Waals surface area contributed by atoms with Gasteiger partial charge in [0.05, 0.1) is 28.5 Å². The number of rotatable bonds is 4. The van der Waals surface area contributed by atoms with E-state index in [4.69, 9.17) is 4.74 Å². The fourth-order valence-electron chi connectivity index (χ4n) is 3.47. The number of carbonyl (C=O) groups is 1. The monoisotopic (exact) mass is 546 g/mol. The molecule has 31 heavy (non-hydrogen) atoms. The topological polar surface area (TPSA) is 80.9 Å². The van der Waals surface area contributed by atoms with Crippen LogP contribution in [0.5, 0.6) is 5.75 Å². The Bertz CT molecular complexity index is 1350. The second-order valence-electron chi connectivity index (χ2n) is 6.95. The third kappa shape index (κ3) is 4.22. The number of hydrogen-bond donors (Lipinski definition) is 1. The molecular weight excluding hydrogens is 527 g/mol. The van der Waals surface area contributed by atoms with Crippen LogP contribution >= 0.6 is 33.9 Å². The summed E-state index contributed by atoms with van der Waals surface area (Å²) >= 11 is 3.52. The molecule has 0 amide bonds. The van der Waals surface area contributed by atoms with E-state index < -0.39 is 12.0 Å². The predicted octanol–water partition coefficient (Wildman–Crippen LogP) is 3.11. The minimum atomic E-state index is -0.685. The van der Waals surface area contributed by atoms with Crippen LogP contribution in [0.25, 0.3) is 6.08 Å². The van der Waals surface area contributed by atoms with Crippen molar-refractivity contribution in [3.8, 4) is 5.75 Å². The number of phenolic OH excluding ortho intramolecular Hbond substituents is 1. The van der Waals surface area contributed by atoms with Gasteiger partial charge in [0.15, 0.2) is 4.80 Å². The summed E-state index contributed by atoms with van der Waals surface area (Å²) in [5.74, 6) is -0.401. The van der Waals surface area contributed by atoms with E-state index in [1.54, 1.807) is 26.0 Å². The van der Waals surface area contributed by atoms with Gasteiger partial charge >= 0.3 is 5.97 Å². The molecule has 4 rings (SSSR count). The number of esters is 1. The van der Waals surface area contributed by atoms with Gasteiger partial charge in [-0.15, -0.1) is 0 Å². The van der Waals surface area contributed by atoms with Gasteiger partial charge in [-0.3, -0.25) is 9.36 Å². The first kappa shape index (κ1) is 21.5. The molecule has 0 saturated carbocycles. The second kappa shape index (κ2) is 8.80. The van der Waals surface area contributed by atoms with Crippen molar-refractivity contribution in [2.45, 2.75) is 19.9 Å². The van der Waals surface area contributed by atoms with Crippen LogP contribution in [-0.2, 0) is 9.53 Å². The Morgan fingerprint density at radius 3 is 2.55 bits per heavy atom. The van der Waals surface area contributed by atoms with Gasteiger partial charge in [0.25, 0.3) is 5.56 Å². The molecule has 158 valence electrons. The van der Waals surface area contributed by atoms with Crippen LogP contribution < -0.4 is 14.9 Å². The number of nitrogens with zero attached hydrogens (tertiary/aromatic N) is 2. The minimum absolute atomic E-state index is 0.105. The molecule has 0 fully saturated rings. The Labute approximate surface area is 196 Å². The quantitative estimate of drug-likeness (QED) is 0.403. The molecule has 2 aromatic carbocycles. The molecule has 2 heterocycles. The molecule has 0 radical (unpaired) electrons. The molecule has 0 aliphatic carbocycles. The first-order chi connectivity index (χ1) is 14.9. The lowest BCUT2D eigenvalue weighted by Crippen LogP contribution is -2.39. The van der Waals surface area contributed by atoms with E-state index in [0.717, 1.165) is 9.13 Å². The lowest BCUT2D eigenvalue weighted by molar-refractivity contribution is -0.139. The van der Waals surface area contributed by atoms with Crippen molar-refractivity contribution >= 4 is 46.0 Å². The molecule has 1 aromatic heterocycles. The van der Waals surface area contributed by atoms with Gasteiger partial charge in [-0.25, -0.2) is 9.79 Å². The maximum absolute atomic E-state index is 13.4. The number of carbonyl (C=O) groups excluding carboxylic acids is 1. The van der Waals surface area contributed by atoms with Gasteiger partial charge in [0, 0.05) is 3.57 Å². The first-order valence-corrected chi connectivity index (χ1v) is 11.5. The molecule has 1 atom stereocenters. The number of hydrogen-bond acceptors (Lipinski definition) is 6. The average Bonchev–Trinajstić information content (AvgIpc) is 3.04. The van der Waals surface area contributed by atoms with Crippen molar-refractivity contribution in [3.05, 3.63) is 94.2 Å². The SMILES string of the molecule is CCOC(=O)C1=C(C)N=c2s/c(=C\c3ccc(I)cc3)c(=O)n2[C@H]1c1ccc(O)cc1. The van der Waals surface area contributed by atoms with Crippen molar-refractivity contribution in [2.24, 2.45) is 4.99 Å². The zero-order valence-corrected chi connectivity index (χ0v) is 19.8. The third-order valence-electron chi connectivity index (χ3n) is 4.89. The number of aromatic hydroxyl groups is 1. The Kier molecular flexibility index (Phi) is 6.10. The van der Waals surface area contributed by atoms with Crippen molar-refractivity contribution in [2.75, 3.05) is 6.61 Å². The fraction of sp³-hybridized carbons (Fsp3) is 0.174. The summed E-state index contributed by atoms with van der Waals surface area (Å²) in [6.07, 6.45) is 1.83. The fourth-order valence-corrected chi connectivity index (χ4v) is 4.88. The van der Waals surface area contributed by atoms with E-state index in [2.05, 4.69) is 27.6 Å². The predicted molar refractivity (Wildman–Crippen MR) is 128 cm³/mol. The van der Waals surface area contributed by atoms with Gasteiger partial charge in [0.1, 0.15) is 5.75 Å². The smallest absolute Gasteiger partial charge is 0.338 e. The molecule has 1 aliphatic heterocycles. The Hall–Kier alpha value is -2.72. The van der Waals surface area contributed by atoms with Crippen LogP contribution in [0.2, 0.25) is 0 Å². The zero-order valence-electron chi connectivity index (χ0n) is 16.8. The highest BCUT2D eigenvalue weighted by Gasteiger charge is 2.33. The van der Waals surface area contributed by atoms with Crippen LogP contribution in [0.4, 0.5) is 0 Å². The van der Waals surface area contributed by atoms with Crippen LogP contribution in [-0.4, -0.2) is 22.2 Å². The first-order valence-electron chi connectivity index (χ1n) is 9.63. The number of halogens is 1.